The first-order valence-corrected chi connectivity index (χ1v) is 8.35. The van der Waals surface area contributed by atoms with Gasteiger partial charge in [-0.25, -0.2) is 13.3 Å². The van der Waals surface area contributed by atoms with Gasteiger partial charge in [0.15, 0.2) is 0 Å². The first kappa shape index (κ1) is 18.8. The number of carbonyl (C=O) groups excluding carboxylic acids is 1. The lowest BCUT2D eigenvalue weighted by Gasteiger charge is -2.33. The number of carbonyl (C=O) groups is 1. The Morgan fingerprint density at radius 3 is 2.36 bits per heavy atom. The summed E-state index contributed by atoms with van der Waals surface area (Å²) >= 11 is 0. The lowest BCUT2D eigenvalue weighted by atomic mass is 9.89. The molecule has 0 saturated carbocycles. The largest absolute Gasteiger partial charge is 0.466 e. The van der Waals surface area contributed by atoms with E-state index in [2.05, 4.69) is 4.72 Å². The number of hydrogen-bond donors (Lipinski definition) is 1. The lowest BCUT2D eigenvalue weighted by Crippen LogP contribution is -2.48. The average Bonchev–Trinajstić information content (AvgIpc) is 2.37. The van der Waals surface area contributed by atoms with Crippen LogP contribution in [0.1, 0.15) is 46.6 Å². The van der Waals surface area contributed by atoms with Crippen LogP contribution in [0.2, 0.25) is 0 Å². The molecule has 0 aliphatic rings. The second-order valence-corrected chi connectivity index (χ2v) is 8.24. The number of esters is 1. The number of halogens is 1. The third-order valence-electron chi connectivity index (χ3n) is 3.15. The Balaban J connectivity index is 3.18. The summed E-state index contributed by atoms with van der Waals surface area (Å²) in [5, 5.41) is 0. The summed E-state index contributed by atoms with van der Waals surface area (Å²) in [7, 11) is -1.46. The highest BCUT2D eigenvalue weighted by atomic mass is 32.2. The molecule has 0 aromatic heterocycles. The molecule has 0 fully saturated rings. The highest BCUT2D eigenvalue weighted by Gasteiger charge is 2.36. The lowest BCUT2D eigenvalue weighted by molar-refractivity contribution is -0.144. The smallest absolute Gasteiger partial charge is 0.308 e. The predicted molar refractivity (Wildman–Crippen MR) is 86.0 cm³/mol. The van der Waals surface area contributed by atoms with Crippen molar-refractivity contribution in [1.82, 2.24) is 4.72 Å². The molecule has 0 spiro atoms. The zero-order valence-corrected chi connectivity index (χ0v) is 14.6. The van der Waals surface area contributed by atoms with Crippen LogP contribution in [0.15, 0.2) is 24.3 Å². The third kappa shape index (κ3) is 4.88. The van der Waals surface area contributed by atoms with E-state index >= 15 is 0 Å². The van der Waals surface area contributed by atoms with Crippen LogP contribution in [0.4, 0.5) is 4.39 Å². The topological polar surface area (TPSA) is 55.4 Å². The van der Waals surface area contributed by atoms with Crippen molar-refractivity contribution in [2.45, 2.75) is 51.3 Å². The summed E-state index contributed by atoms with van der Waals surface area (Å²) in [6.07, 6.45) is -0.108. The maximum atomic E-state index is 14.2. The minimum atomic E-state index is -1.46. The fourth-order valence-electron chi connectivity index (χ4n) is 1.95. The molecule has 1 aromatic rings. The van der Waals surface area contributed by atoms with Crippen molar-refractivity contribution >= 4 is 17.0 Å². The third-order valence-corrected chi connectivity index (χ3v) is 4.89. The standard InChI is InChI=1S/C16H24FNO3S/c1-6-21-14(19)11-16(5,18-22(20)15(2,3)4)12-9-7-8-10-13(12)17/h7-10,18H,6,11H2,1-5H3/t16-,22?/m0/s1. The molecular weight excluding hydrogens is 305 g/mol. The molecule has 0 aliphatic heterocycles. The zero-order valence-electron chi connectivity index (χ0n) is 13.7. The quantitative estimate of drug-likeness (QED) is 0.816. The van der Waals surface area contributed by atoms with Crippen molar-refractivity contribution in [2.75, 3.05) is 6.61 Å². The number of benzene rings is 1. The Morgan fingerprint density at radius 2 is 1.86 bits per heavy atom. The van der Waals surface area contributed by atoms with Gasteiger partial charge in [-0.05, 0) is 40.7 Å². The Morgan fingerprint density at radius 1 is 1.27 bits per heavy atom. The molecule has 22 heavy (non-hydrogen) atoms. The molecule has 124 valence electrons. The molecule has 1 rings (SSSR count). The molecule has 1 aromatic carbocycles. The van der Waals surface area contributed by atoms with Gasteiger partial charge >= 0.3 is 5.97 Å². The van der Waals surface area contributed by atoms with E-state index in [0.717, 1.165) is 0 Å². The maximum Gasteiger partial charge on any atom is 0.308 e. The molecule has 0 amide bonds. The number of hydrogen-bond acceptors (Lipinski definition) is 3. The van der Waals surface area contributed by atoms with Crippen LogP contribution in [0.3, 0.4) is 0 Å². The monoisotopic (exact) mass is 329 g/mol. The van der Waals surface area contributed by atoms with Gasteiger partial charge in [0, 0.05) is 5.56 Å². The highest BCUT2D eigenvalue weighted by molar-refractivity contribution is 7.84. The van der Waals surface area contributed by atoms with E-state index in [-0.39, 0.29) is 13.0 Å². The fraction of sp³-hybridized carbons (Fsp3) is 0.562. The molecule has 0 radical (unpaired) electrons. The summed E-state index contributed by atoms with van der Waals surface area (Å²) in [6.45, 7) is 9.03. The van der Waals surface area contributed by atoms with Crippen LogP contribution in [0.5, 0.6) is 0 Å². The molecule has 1 N–H and O–H groups in total. The number of rotatable bonds is 6. The molecule has 1 unspecified atom stereocenters. The van der Waals surface area contributed by atoms with E-state index in [4.69, 9.17) is 4.74 Å². The number of nitrogens with one attached hydrogen (secondary N) is 1. The van der Waals surface area contributed by atoms with Gasteiger partial charge in [0.25, 0.3) is 0 Å². The van der Waals surface area contributed by atoms with E-state index in [1.54, 1.807) is 32.0 Å². The van der Waals surface area contributed by atoms with Crippen LogP contribution in [0, 0.1) is 5.82 Å². The van der Waals surface area contributed by atoms with Crippen molar-refractivity contribution in [3.63, 3.8) is 0 Å². The second kappa shape index (κ2) is 7.33. The molecule has 0 bridgehead atoms. The van der Waals surface area contributed by atoms with Crippen molar-refractivity contribution in [1.29, 1.82) is 0 Å². The van der Waals surface area contributed by atoms with Gasteiger partial charge in [-0.2, -0.15) is 0 Å². The van der Waals surface area contributed by atoms with E-state index < -0.39 is 33.1 Å². The summed E-state index contributed by atoms with van der Waals surface area (Å²) in [5.41, 5.74) is -0.823. The van der Waals surface area contributed by atoms with Crippen molar-refractivity contribution < 1.29 is 18.1 Å². The average molecular weight is 329 g/mol. The van der Waals surface area contributed by atoms with Gasteiger partial charge in [0.1, 0.15) is 5.82 Å². The van der Waals surface area contributed by atoms with E-state index in [9.17, 15) is 13.4 Å². The minimum Gasteiger partial charge on any atom is -0.466 e. The Hall–Kier alpha value is -1.27. The first-order valence-electron chi connectivity index (χ1n) is 7.20. The summed E-state index contributed by atoms with van der Waals surface area (Å²) in [5.74, 6) is -0.917. The van der Waals surface area contributed by atoms with Crippen LogP contribution >= 0.6 is 0 Å². The molecule has 4 nitrogen and oxygen atoms in total. The van der Waals surface area contributed by atoms with E-state index in [1.165, 1.54) is 6.07 Å². The van der Waals surface area contributed by atoms with Crippen LogP contribution < -0.4 is 4.72 Å². The van der Waals surface area contributed by atoms with E-state index in [0.29, 0.717) is 5.56 Å². The molecular formula is C16H24FNO3S. The molecule has 2 atom stereocenters. The zero-order chi connectivity index (χ0) is 17.0. The molecule has 0 aliphatic carbocycles. The van der Waals surface area contributed by atoms with Crippen LogP contribution in [0.25, 0.3) is 0 Å². The highest BCUT2D eigenvalue weighted by Crippen LogP contribution is 2.29. The fourth-order valence-corrected chi connectivity index (χ4v) is 2.85. The normalized spacial score (nSPS) is 15.9. The van der Waals surface area contributed by atoms with Gasteiger partial charge in [0.2, 0.25) is 0 Å². The van der Waals surface area contributed by atoms with Crippen molar-refractivity contribution in [3.05, 3.63) is 35.6 Å². The molecule has 0 saturated heterocycles. The predicted octanol–water partition coefficient (Wildman–Crippen LogP) is 3.05. The Bertz CT molecular complexity index is 557. The second-order valence-electron chi connectivity index (χ2n) is 6.28. The van der Waals surface area contributed by atoms with Crippen LogP contribution in [-0.4, -0.2) is 21.5 Å². The summed E-state index contributed by atoms with van der Waals surface area (Å²) < 4.78 is 33.9. The summed E-state index contributed by atoms with van der Waals surface area (Å²) in [6, 6.07) is 6.16. The molecule has 0 heterocycles. The van der Waals surface area contributed by atoms with Gasteiger partial charge < -0.3 is 4.74 Å². The first-order chi connectivity index (χ1) is 10.1. The Kier molecular flexibility index (Phi) is 6.26. The molecule has 6 heteroatoms. The SMILES string of the molecule is CCOC(=O)C[C@](C)(NS(=O)C(C)(C)C)c1ccccc1F. The van der Waals surface area contributed by atoms with Crippen molar-refractivity contribution in [2.24, 2.45) is 0 Å². The van der Waals surface area contributed by atoms with Crippen molar-refractivity contribution in [3.8, 4) is 0 Å². The van der Waals surface area contributed by atoms with Gasteiger partial charge in [0.05, 0.1) is 34.3 Å². The van der Waals surface area contributed by atoms with Crippen LogP contribution in [-0.2, 0) is 26.1 Å². The van der Waals surface area contributed by atoms with Gasteiger partial charge in [-0.15, -0.1) is 0 Å². The van der Waals surface area contributed by atoms with E-state index in [1.807, 2.05) is 20.8 Å². The van der Waals surface area contributed by atoms with Gasteiger partial charge in [-0.3, -0.25) is 4.79 Å². The summed E-state index contributed by atoms with van der Waals surface area (Å²) in [4.78, 5) is 11.9. The maximum absolute atomic E-state index is 14.2. The Labute approximate surface area is 134 Å². The number of ether oxygens (including phenoxy) is 1. The minimum absolute atomic E-state index is 0.108. The van der Waals surface area contributed by atoms with Gasteiger partial charge in [-0.1, -0.05) is 18.2 Å².